The van der Waals surface area contributed by atoms with Gasteiger partial charge in [0.25, 0.3) is 0 Å². The van der Waals surface area contributed by atoms with Crippen molar-refractivity contribution in [3.63, 3.8) is 0 Å². The van der Waals surface area contributed by atoms with Crippen molar-refractivity contribution in [2.24, 2.45) is 0 Å². The number of rotatable bonds is 16. The highest BCUT2D eigenvalue weighted by Gasteiger charge is 2.34. The van der Waals surface area contributed by atoms with Crippen LogP contribution < -0.4 is 0 Å². The lowest BCUT2D eigenvalue weighted by Crippen LogP contribution is -2.39. The summed E-state index contributed by atoms with van der Waals surface area (Å²) in [4.78, 5) is 26.0. The fraction of sp³-hybridized carbons (Fsp3) is 0.833. The smallest absolute Gasteiger partial charge is 0.229 e. The van der Waals surface area contributed by atoms with E-state index >= 15 is 0 Å². The lowest BCUT2D eigenvalue weighted by Gasteiger charge is -2.26. The summed E-state index contributed by atoms with van der Waals surface area (Å²) in [5.74, 6) is 0.104. The molecule has 1 saturated heterocycles. The van der Waals surface area contributed by atoms with Crippen molar-refractivity contribution in [3.05, 3.63) is 11.6 Å². The predicted octanol–water partition coefficient (Wildman–Crippen LogP) is 6.95. The fourth-order valence-corrected chi connectivity index (χ4v) is 3.98. The zero-order chi connectivity index (χ0) is 19.9. The van der Waals surface area contributed by atoms with E-state index in [2.05, 4.69) is 26.8 Å². The average molecular weight is 378 g/mol. The molecule has 1 atom stereocenters. The van der Waals surface area contributed by atoms with Crippen LogP contribution in [0.4, 0.5) is 0 Å². The Morgan fingerprint density at radius 2 is 1.41 bits per heavy atom. The number of imide groups is 1. The molecule has 3 heteroatoms. The molecular weight excluding hydrogens is 334 g/mol. The van der Waals surface area contributed by atoms with Crippen LogP contribution in [0.15, 0.2) is 11.6 Å². The van der Waals surface area contributed by atoms with Gasteiger partial charge in [0.1, 0.15) is 0 Å². The molecule has 27 heavy (non-hydrogen) atoms. The first kappa shape index (κ1) is 23.9. The first-order chi connectivity index (χ1) is 13.1. The minimum atomic E-state index is 0.0520. The molecule has 1 heterocycles. The van der Waals surface area contributed by atoms with Gasteiger partial charge in [0, 0.05) is 18.9 Å². The molecule has 1 aliphatic heterocycles. The number of carbonyl (C=O) groups is 2. The molecule has 0 spiro atoms. The molecule has 1 aliphatic rings. The highest BCUT2D eigenvalue weighted by atomic mass is 16.2. The zero-order valence-electron chi connectivity index (χ0n) is 18.2. The van der Waals surface area contributed by atoms with Crippen molar-refractivity contribution < 1.29 is 9.59 Å². The van der Waals surface area contributed by atoms with Crippen LogP contribution in [0.25, 0.3) is 0 Å². The van der Waals surface area contributed by atoms with E-state index in [1.807, 2.05) is 0 Å². The highest BCUT2D eigenvalue weighted by Crippen LogP contribution is 2.24. The Labute approximate surface area is 168 Å². The SMILES string of the molecule is CCCC=C(C)CCC(CCCCCCCCCCC)N1C(=O)CCC1=O. The topological polar surface area (TPSA) is 37.4 Å². The first-order valence-electron chi connectivity index (χ1n) is 11.6. The number of amides is 2. The summed E-state index contributed by atoms with van der Waals surface area (Å²) < 4.78 is 0. The lowest BCUT2D eigenvalue weighted by atomic mass is 9.98. The molecular formula is C24H43NO2. The van der Waals surface area contributed by atoms with Crippen LogP contribution in [0.1, 0.15) is 124 Å². The standard InChI is InChI=1S/C24H43NO2/c1-4-6-8-9-10-11-12-13-14-16-22(18-17-21(3)15-7-5-2)25-23(26)19-20-24(25)27/h15,22H,4-14,16-20H2,1-3H3. The largest absolute Gasteiger partial charge is 0.279 e. The van der Waals surface area contributed by atoms with Gasteiger partial charge in [0.05, 0.1) is 0 Å². The normalized spacial score (nSPS) is 16.4. The van der Waals surface area contributed by atoms with Gasteiger partial charge in [-0.3, -0.25) is 14.5 Å². The Hall–Kier alpha value is -1.12. The van der Waals surface area contributed by atoms with E-state index in [4.69, 9.17) is 0 Å². The van der Waals surface area contributed by atoms with Gasteiger partial charge < -0.3 is 0 Å². The molecule has 2 amide bonds. The summed E-state index contributed by atoms with van der Waals surface area (Å²) in [7, 11) is 0. The second-order valence-corrected chi connectivity index (χ2v) is 8.31. The molecule has 0 saturated carbocycles. The third-order valence-electron chi connectivity index (χ3n) is 5.75. The number of hydrogen-bond donors (Lipinski definition) is 0. The first-order valence-corrected chi connectivity index (χ1v) is 11.6. The van der Waals surface area contributed by atoms with E-state index in [-0.39, 0.29) is 17.9 Å². The number of allylic oxidation sites excluding steroid dienone is 2. The molecule has 1 fully saturated rings. The van der Waals surface area contributed by atoms with Gasteiger partial charge in [-0.1, -0.05) is 89.7 Å². The van der Waals surface area contributed by atoms with Gasteiger partial charge in [-0.15, -0.1) is 0 Å². The quantitative estimate of drug-likeness (QED) is 0.166. The highest BCUT2D eigenvalue weighted by molar-refractivity contribution is 6.02. The Balaban J connectivity index is 2.36. The Bertz CT molecular complexity index is 439. The van der Waals surface area contributed by atoms with Crippen LogP contribution in [0.3, 0.4) is 0 Å². The van der Waals surface area contributed by atoms with E-state index in [0.29, 0.717) is 12.8 Å². The molecule has 1 rings (SSSR count). The molecule has 0 radical (unpaired) electrons. The molecule has 1 unspecified atom stereocenters. The van der Waals surface area contributed by atoms with Gasteiger partial charge >= 0.3 is 0 Å². The fourth-order valence-electron chi connectivity index (χ4n) is 3.98. The summed E-state index contributed by atoms with van der Waals surface area (Å²) in [5.41, 5.74) is 1.40. The number of nitrogens with zero attached hydrogens (tertiary/aromatic N) is 1. The molecule has 0 aromatic heterocycles. The zero-order valence-corrected chi connectivity index (χ0v) is 18.2. The van der Waals surface area contributed by atoms with Crippen LogP contribution in [0.5, 0.6) is 0 Å². The van der Waals surface area contributed by atoms with Crippen LogP contribution in [-0.4, -0.2) is 22.8 Å². The van der Waals surface area contributed by atoms with Crippen LogP contribution in [0.2, 0.25) is 0 Å². The average Bonchev–Trinajstić information content (AvgIpc) is 2.99. The molecule has 0 bridgehead atoms. The maximum absolute atomic E-state index is 12.2. The van der Waals surface area contributed by atoms with Crippen molar-refractivity contribution in [1.29, 1.82) is 0 Å². The minimum absolute atomic E-state index is 0.0520. The summed E-state index contributed by atoms with van der Waals surface area (Å²) in [5, 5.41) is 0. The van der Waals surface area contributed by atoms with E-state index < -0.39 is 0 Å². The summed E-state index contributed by atoms with van der Waals surface area (Å²) >= 11 is 0. The van der Waals surface area contributed by atoms with Crippen molar-refractivity contribution in [2.45, 2.75) is 130 Å². The van der Waals surface area contributed by atoms with Crippen molar-refractivity contribution in [3.8, 4) is 0 Å². The van der Waals surface area contributed by atoms with E-state index in [9.17, 15) is 9.59 Å². The van der Waals surface area contributed by atoms with Gasteiger partial charge in [-0.25, -0.2) is 0 Å². The number of unbranched alkanes of at least 4 members (excludes halogenated alkanes) is 9. The van der Waals surface area contributed by atoms with Crippen LogP contribution >= 0.6 is 0 Å². The third-order valence-corrected chi connectivity index (χ3v) is 5.75. The second-order valence-electron chi connectivity index (χ2n) is 8.31. The molecule has 0 aliphatic carbocycles. The van der Waals surface area contributed by atoms with Gasteiger partial charge in [-0.05, 0) is 32.6 Å². The predicted molar refractivity (Wildman–Crippen MR) is 115 cm³/mol. The van der Waals surface area contributed by atoms with Crippen molar-refractivity contribution in [2.75, 3.05) is 0 Å². The Morgan fingerprint density at radius 1 is 0.852 bits per heavy atom. The van der Waals surface area contributed by atoms with E-state index in [1.165, 1.54) is 63.4 Å². The molecule has 156 valence electrons. The van der Waals surface area contributed by atoms with Gasteiger partial charge in [0.2, 0.25) is 11.8 Å². The summed E-state index contributed by atoms with van der Waals surface area (Å²) in [6, 6.07) is 0.113. The molecule has 0 N–H and O–H groups in total. The van der Waals surface area contributed by atoms with Crippen molar-refractivity contribution in [1.82, 2.24) is 4.90 Å². The number of carbonyl (C=O) groups excluding carboxylic acids is 2. The lowest BCUT2D eigenvalue weighted by molar-refractivity contribution is -0.141. The molecule has 0 aromatic carbocycles. The van der Waals surface area contributed by atoms with Crippen LogP contribution in [0, 0.1) is 0 Å². The maximum atomic E-state index is 12.2. The summed E-state index contributed by atoms with van der Waals surface area (Å²) in [6.07, 6.45) is 20.1. The Kier molecular flexibility index (Phi) is 13.2. The van der Waals surface area contributed by atoms with E-state index in [0.717, 1.165) is 32.1 Å². The van der Waals surface area contributed by atoms with Gasteiger partial charge in [0.15, 0.2) is 0 Å². The number of likely N-dealkylation sites (tertiary alicyclic amines) is 1. The Morgan fingerprint density at radius 3 is 1.96 bits per heavy atom. The van der Waals surface area contributed by atoms with E-state index in [1.54, 1.807) is 4.90 Å². The third kappa shape index (κ3) is 10.1. The second kappa shape index (κ2) is 14.9. The number of hydrogen-bond acceptors (Lipinski definition) is 2. The maximum Gasteiger partial charge on any atom is 0.229 e. The summed E-state index contributed by atoms with van der Waals surface area (Å²) in [6.45, 7) is 6.63. The molecule has 3 nitrogen and oxygen atoms in total. The molecule has 0 aromatic rings. The van der Waals surface area contributed by atoms with Gasteiger partial charge in [-0.2, -0.15) is 0 Å². The van der Waals surface area contributed by atoms with Crippen molar-refractivity contribution >= 4 is 11.8 Å². The minimum Gasteiger partial charge on any atom is -0.279 e. The monoisotopic (exact) mass is 377 g/mol. The van der Waals surface area contributed by atoms with Crippen LogP contribution in [-0.2, 0) is 9.59 Å².